The maximum Gasteiger partial charge on any atom is 0.253 e. The number of hydrogen-bond acceptors (Lipinski definition) is 6. The van der Waals surface area contributed by atoms with Crippen molar-refractivity contribution in [2.24, 2.45) is 4.99 Å². The fourth-order valence-corrected chi connectivity index (χ4v) is 3.88. The zero-order chi connectivity index (χ0) is 24.0. The Hall–Kier alpha value is -3.04. The molecule has 0 saturated carbocycles. The standard InChI is InChI=1S/C24H31N5O3S/c1-6-8-19(26-17(4)16(3)7-2)20-13-33-23(27-20)28-21(30)11-25-22(31)18-9-10-29(12-18)24(5)14-32-15-24/h6,8-10,12-13H,7,11,14-15H2,1-5H3,(H,25,31)(H,27,28,30)/b8-6-,17-16?,26-19?. The van der Waals surface area contributed by atoms with Gasteiger partial charge in [0, 0.05) is 23.5 Å². The van der Waals surface area contributed by atoms with Gasteiger partial charge in [-0.2, -0.15) is 0 Å². The molecular weight excluding hydrogens is 438 g/mol. The molecular formula is C24H31N5O3S. The predicted octanol–water partition coefficient (Wildman–Crippen LogP) is 4.13. The molecule has 8 nitrogen and oxygen atoms in total. The van der Waals surface area contributed by atoms with Gasteiger partial charge in [0.05, 0.1) is 36.6 Å². The Morgan fingerprint density at radius 2 is 2.12 bits per heavy atom. The average Bonchev–Trinajstić information content (AvgIpc) is 3.45. The minimum atomic E-state index is -0.342. The van der Waals surface area contributed by atoms with Crippen molar-refractivity contribution >= 4 is 34.0 Å². The first-order chi connectivity index (χ1) is 15.8. The molecule has 176 valence electrons. The van der Waals surface area contributed by atoms with Crippen LogP contribution in [0.3, 0.4) is 0 Å². The van der Waals surface area contributed by atoms with Gasteiger partial charge in [0.25, 0.3) is 5.91 Å². The molecule has 0 radical (unpaired) electrons. The summed E-state index contributed by atoms with van der Waals surface area (Å²) in [5, 5.41) is 7.71. The van der Waals surface area contributed by atoms with E-state index < -0.39 is 0 Å². The average molecular weight is 470 g/mol. The Balaban J connectivity index is 1.58. The molecule has 1 aliphatic heterocycles. The summed E-state index contributed by atoms with van der Waals surface area (Å²) in [4.78, 5) is 34.0. The van der Waals surface area contributed by atoms with Gasteiger partial charge >= 0.3 is 0 Å². The van der Waals surface area contributed by atoms with Gasteiger partial charge in [-0.05, 0) is 46.3 Å². The van der Waals surface area contributed by atoms with Crippen molar-refractivity contribution in [3.8, 4) is 0 Å². The van der Waals surface area contributed by atoms with Crippen LogP contribution in [0.5, 0.6) is 0 Å². The zero-order valence-electron chi connectivity index (χ0n) is 19.8. The van der Waals surface area contributed by atoms with Crippen LogP contribution < -0.4 is 10.6 Å². The molecule has 9 heteroatoms. The first kappa shape index (κ1) is 24.6. The number of aliphatic imine (C=N–C) groups is 1. The van der Waals surface area contributed by atoms with Crippen molar-refractivity contribution < 1.29 is 14.3 Å². The first-order valence-electron chi connectivity index (χ1n) is 10.9. The van der Waals surface area contributed by atoms with Crippen molar-refractivity contribution in [2.75, 3.05) is 25.1 Å². The highest BCUT2D eigenvalue weighted by molar-refractivity contribution is 7.14. The number of carbonyl (C=O) groups is 2. The summed E-state index contributed by atoms with van der Waals surface area (Å²) in [7, 11) is 0. The minimum Gasteiger partial charge on any atom is -0.376 e. The number of thiazole rings is 1. The number of nitrogens with one attached hydrogen (secondary N) is 2. The zero-order valence-corrected chi connectivity index (χ0v) is 20.6. The molecule has 0 bridgehead atoms. The SMILES string of the molecule is C/C=C\C(=NC(C)=C(C)CC)c1csc(NC(=O)CNC(=O)c2ccn(C3(C)COC3)c2)n1. The minimum absolute atomic E-state index is 0.114. The lowest BCUT2D eigenvalue weighted by Gasteiger charge is -2.39. The van der Waals surface area contributed by atoms with Gasteiger partial charge in [-0.1, -0.05) is 18.6 Å². The Morgan fingerprint density at radius 1 is 1.36 bits per heavy atom. The number of allylic oxidation sites excluding steroid dienone is 4. The number of nitrogens with zero attached hydrogens (tertiary/aromatic N) is 3. The van der Waals surface area contributed by atoms with E-state index in [-0.39, 0.29) is 23.9 Å². The van der Waals surface area contributed by atoms with Crippen LogP contribution in [0.15, 0.2) is 52.3 Å². The van der Waals surface area contributed by atoms with Gasteiger partial charge in [0.1, 0.15) is 5.69 Å². The van der Waals surface area contributed by atoms with Gasteiger partial charge < -0.3 is 19.9 Å². The lowest BCUT2D eigenvalue weighted by molar-refractivity contribution is -0.115. The summed E-state index contributed by atoms with van der Waals surface area (Å²) in [6, 6.07) is 1.74. The normalized spacial score (nSPS) is 16.3. The monoisotopic (exact) mass is 469 g/mol. The topological polar surface area (TPSA) is 97.6 Å². The molecule has 2 aromatic rings. The number of anilines is 1. The highest BCUT2D eigenvalue weighted by atomic mass is 32.1. The molecule has 0 aromatic carbocycles. The molecule has 0 aliphatic carbocycles. The predicted molar refractivity (Wildman–Crippen MR) is 132 cm³/mol. The van der Waals surface area contributed by atoms with E-state index in [4.69, 9.17) is 9.73 Å². The van der Waals surface area contributed by atoms with E-state index in [2.05, 4.69) is 36.4 Å². The fourth-order valence-electron chi connectivity index (χ4n) is 3.16. The number of rotatable bonds is 9. The molecule has 33 heavy (non-hydrogen) atoms. The van der Waals surface area contributed by atoms with Gasteiger partial charge in [0.15, 0.2) is 5.13 Å². The second-order valence-electron chi connectivity index (χ2n) is 8.28. The van der Waals surface area contributed by atoms with Crippen molar-refractivity contribution in [1.29, 1.82) is 0 Å². The van der Waals surface area contributed by atoms with Gasteiger partial charge in [-0.25, -0.2) is 4.98 Å². The third-order valence-corrected chi connectivity index (χ3v) is 6.35. The van der Waals surface area contributed by atoms with Gasteiger partial charge in [-0.15, -0.1) is 11.3 Å². The Kier molecular flexibility index (Phi) is 7.99. The van der Waals surface area contributed by atoms with Crippen molar-refractivity contribution in [1.82, 2.24) is 14.9 Å². The lowest BCUT2D eigenvalue weighted by atomic mass is 10.0. The van der Waals surface area contributed by atoms with E-state index in [9.17, 15) is 9.59 Å². The van der Waals surface area contributed by atoms with E-state index in [0.717, 1.165) is 17.8 Å². The van der Waals surface area contributed by atoms with Crippen molar-refractivity contribution in [3.63, 3.8) is 0 Å². The van der Waals surface area contributed by atoms with Crippen LogP contribution >= 0.6 is 11.3 Å². The van der Waals surface area contributed by atoms with Crippen LogP contribution in [0.25, 0.3) is 0 Å². The van der Waals surface area contributed by atoms with E-state index in [1.807, 2.05) is 42.1 Å². The van der Waals surface area contributed by atoms with Crippen molar-refractivity contribution in [2.45, 2.75) is 46.6 Å². The lowest BCUT2D eigenvalue weighted by Crippen LogP contribution is -2.48. The van der Waals surface area contributed by atoms with Crippen LogP contribution in [-0.2, 0) is 15.1 Å². The largest absolute Gasteiger partial charge is 0.376 e. The first-order valence-corrected chi connectivity index (χ1v) is 11.8. The molecule has 2 amide bonds. The Bertz CT molecular complexity index is 1110. The molecule has 2 N–H and O–H groups in total. The number of aromatic nitrogens is 2. The second-order valence-corrected chi connectivity index (χ2v) is 9.14. The quantitative estimate of drug-likeness (QED) is 0.540. The summed E-state index contributed by atoms with van der Waals surface area (Å²) in [6.45, 7) is 11.2. The van der Waals surface area contributed by atoms with Gasteiger partial charge in [0.2, 0.25) is 5.91 Å². The molecule has 0 spiro atoms. The van der Waals surface area contributed by atoms with Crippen molar-refractivity contribution in [3.05, 3.63) is 58.5 Å². The summed E-state index contributed by atoms with van der Waals surface area (Å²) in [5.41, 5.74) is 3.99. The van der Waals surface area contributed by atoms with Crippen LogP contribution in [0, 0.1) is 0 Å². The fraction of sp³-hybridized carbons (Fsp3) is 0.417. The molecule has 3 rings (SSSR count). The summed E-state index contributed by atoms with van der Waals surface area (Å²) in [6.07, 6.45) is 8.38. The van der Waals surface area contributed by atoms with E-state index in [0.29, 0.717) is 29.6 Å². The molecule has 0 unspecified atom stereocenters. The number of ether oxygens (including phenoxy) is 1. The summed E-state index contributed by atoms with van der Waals surface area (Å²) < 4.78 is 7.25. The van der Waals surface area contributed by atoms with Gasteiger partial charge in [-0.3, -0.25) is 14.6 Å². The third kappa shape index (κ3) is 6.06. The van der Waals surface area contributed by atoms with Crippen LogP contribution in [0.1, 0.15) is 57.1 Å². The Labute approximate surface area is 198 Å². The third-order valence-electron chi connectivity index (χ3n) is 5.59. The number of amides is 2. The van der Waals surface area contributed by atoms with E-state index in [1.165, 1.54) is 16.9 Å². The van der Waals surface area contributed by atoms with E-state index >= 15 is 0 Å². The smallest absolute Gasteiger partial charge is 0.253 e. The summed E-state index contributed by atoms with van der Waals surface area (Å²) in [5.74, 6) is -0.644. The summed E-state index contributed by atoms with van der Waals surface area (Å²) >= 11 is 1.32. The number of carbonyl (C=O) groups excluding carboxylic acids is 2. The molecule has 1 aliphatic rings. The molecule has 2 aromatic heterocycles. The number of hydrogen-bond donors (Lipinski definition) is 2. The molecule has 1 fully saturated rings. The van der Waals surface area contributed by atoms with Crippen LogP contribution in [0.2, 0.25) is 0 Å². The highest BCUT2D eigenvalue weighted by Gasteiger charge is 2.35. The maximum absolute atomic E-state index is 12.4. The van der Waals surface area contributed by atoms with Crippen LogP contribution in [0.4, 0.5) is 5.13 Å². The Morgan fingerprint density at radius 3 is 2.76 bits per heavy atom. The molecule has 3 heterocycles. The van der Waals surface area contributed by atoms with Crippen LogP contribution in [-0.4, -0.2) is 46.8 Å². The maximum atomic E-state index is 12.4. The highest BCUT2D eigenvalue weighted by Crippen LogP contribution is 2.26. The molecule has 0 atom stereocenters. The second kappa shape index (κ2) is 10.7. The molecule has 1 saturated heterocycles. The van der Waals surface area contributed by atoms with E-state index in [1.54, 1.807) is 12.3 Å².